The summed E-state index contributed by atoms with van der Waals surface area (Å²) >= 11 is 0. The van der Waals surface area contributed by atoms with Crippen molar-refractivity contribution in [3.8, 4) is 11.5 Å². The molecule has 0 bridgehead atoms. The van der Waals surface area contributed by atoms with Crippen LogP contribution in [-0.4, -0.2) is 25.9 Å². The van der Waals surface area contributed by atoms with Crippen molar-refractivity contribution in [1.82, 2.24) is 0 Å². The fraction of sp³-hybridized carbons (Fsp3) is 0.167. The average Bonchev–Trinajstić information content (AvgIpc) is 2.83. The molecule has 0 aliphatic rings. The standard InChI is InChI=1S/C24H26N4O4/c1-29-27-23(25)19-6-10-21(11-7-19)31-15-17-4-3-5-18(14-17)16-32-22-12-8-20(9-13-22)24(26)28-30-2/h3-14H,15-16H2,1-2H3,(H2,25,27)(H2,26,28). The summed E-state index contributed by atoms with van der Waals surface area (Å²) in [6.45, 7) is 0.864. The largest absolute Gasteiger partial charge is 0.489 e. The predicted octanol–water partition coefficient (Wildman–Crippen LogP) is 3.38. The van der Waals surface area contributed by atoms with Gasteiger partial charge in [0.05, 0.1) is 0 Å². The molecular formula is C24H26N4O4. The van der Waals surface area contributed by atoms with E-state index >= 15 is 0 Å². The molecule has 3 rings (SSSR count). The third kappa shape index (κ3) is 6.40. The molecule has 0 aliphatic heterocycles. The van der Waals surface area contributed by atoms with Crippen LogP contribution in [0.25, 0.3) is 0 Å². The lowest BCUT2D eigenvalue weighted by Crippen LogP contribution is -2.13. The Morgan fingerprint density at radius 1 is 0.656 bits per heavy atom. The molecule has 0 radical (unpaired) electrons. The highest BCUT2D eigenvalue weighted by atomic mass is 16.6. The third-order valence-electron chi connectivity index (χ3n) is 4.48. The second kappa shape index (κ2) is 11.3. The maximum Gasteiger partial charge on any atom is 0.170 e. The zero-order valence-corrected chi connectivity index (χ0v) is 18.0. The van der Waals surface area contributed by atoms with Gasteiger partial charge in [-0.2, -0.15) is 0 Å². The normalized spacial score (nSPS) is 11.7. The Balaban J connectivity index is 1.54. The SMILES string of the molecule is CON=C(N)c1ccc(OCc2cccc(COc3ccc(C(N)=NOC)cc3)c2)cc1. The molecule has 8 heteroatoms. The van der Waals surface area contributed by atoms with Crippen LogP contribution in [0, 0.1) is 0 Å². The fourth-order valence-corrected chi connectivity index (χ4v) is 2.89. The van der Waals surface area contributed by atoms with Crippen LogP contribution in [0.4, 0.5) is 0 Å². The van der Waals surface area contributed by atoms with E-state index in [4.69, 9.17) is 20.9 Å². The van der Waals surface area contributed by atoms with E-state index in [0.29, 0.717) is 24.9 Å². The molecule has 0 spiro atoms. The Bertz CT molecular complexity index is 981. The van der Waals surface area contributed by atoms with Crippen molar-refractivity contribution in [3.05, 3.63) is 95.1 Å². The first-order valence-electron chi connectivity index (χ1n) is 9.86. The molecule has 4 N–H and O–H groups in total. The zero-order valence-electron chi connectivity index (χ0n) is 18.0. The molecule has 3 aromatic carbocycles. The monoisotopic (exact) mass is 434 g/mol. The minimum atomic E-state index is 0.313. The number of hydrogen-bond donors (Lipinski definition) is 2. The van der Waals surface area contributed by atoms with E-state index in [1.54, 1.807) is 0 Å². The molecule has 3 aromatic rings. The van der Waals surface area contributed by atoms with E-state index in [1.165, 1.54) is 14.2 Å². The molecule has 0 saturated heterocycles. The van der Waals surface area contributed by atoms with Crippen LogP contribution in [0.15, 0.2) is 83.1 Å². The van der Waals surface area contributed by atoms with E-state index < -0.39 is 0 Å². The summed E-state index contributed by atoms with van der Waals surface area (Å²) in [4.78, 5) is 9.37. The Labute approximate surface area is 187 Å². The number of amidine groups is 2. The Hall–Kier alpha value is -4.20. The van der Waals surface area contributed by atoms with Crippen LogP contribution in [0.3, 0.4) is 0 Å². The number of oxime groups is 2. The average molecular weight is 434 g/mol. The highest BCUT2D eigenvalue weighted by Gasteiger charge is 2.04. The van der Waals surface area contributed by atoms with Crippen molar-refractivity contribution in [2.75, 3.05) is 14.2 Å². The van der Waals surface area contributed by atoms with Crippen LogP contribution in [0.5, 0.6) is 11.5 Å². The summed E-state index contributed by atoms with van der Waals surface area (Å²) in [5, 5.41) is 7.42. The number of hydrogen-bond acceptors (Lipinski definition) is 6. The lowest BCUT2D eigenvalue weighted by Gasteiger charge is -2.10. The smallest absolute Gasteiger partial charge is 0.170 e. The Morgan fingerprint density at radius 3 is 1.44 bits per heavy atom. The van der Waals surface area contributed by atoms with Crippen LogP contribution < -0.4 is 20.9 Å². The Morgan fingerprint density at radius 2 is 1.06 bits per heavy atom. The van der Waals surface area contributed by atoms with Gasteiger partial charge in [0, 0.05) is 11.1 Å². The molecule has 0 amide bonds. The predicted molar refractivity (Wildman–Crippen MR) is 123 cm³/mol. The molecule has 0 unspecified atom stereocenters. The van der Waals surface area contributed by atoms with Gasteiger partial charge in [-0.1, -0.05) is 28.5 Å². The first-order chi connectivity index (χ1) is 15.6. The molecular weight excluding hydrogens is 408 g/mol. The van der Waals surface area contributed by atoms with Gasteiger partial charge in [-0.25, -0.2) is 0 Å². The lowest BCUT2D eigenvalue weighted by molar-refractivity contribution is 0.213. The van der Waals surface area contributed by atoms with E-state index in [2.05, 4.69) is 26.1 Å². The third-order valence-corrected chi connectivity index (χ3v) is 4.48. The summed E-state index contributed by atoms with van der Waals surface area (Å²) in [5.41, 5.74) is 15.2. The summed E-state index contributed by atoms with van der Waals surface area (Å²) in [6, 6.07) is 22.7. The van der Waals surface area contributed by atoms with E-state index in [9.17, 15) is 0 Å². The quantitative estimate of drug-likeness (QED) is 0.287. The van der Waals surface area contributed by atoms with Gasteiger partial charge in [-0.05, 0) is 65.7 Å². The molecule has 0 fully saturated rings. The number of rotatable bonds is 10. The fourth-order valence-electron chi connectivity index (χ4n) is 2.89. The van der Waals surface area contributed by atoms with Gasteiger partial charge in [0.25, 0.3) is 0 Å². The van der Waals surface area contributed by atoms with Crippen LogP contribution in [0.1, 0.15) is 22.3 Å². The number of nitrogens with two attached hydrogens (primary N) is 2. The van der Waals surface area contributed by atoms with Gasteiger partial charge in [-0.3, -0.25) is 0 Å². The summed E-state index contributed by atoms with van der Waals surface area (Å²) in [5.74, 6) is 2.09. The van der Waals surface area contributed by atoms with Crippen LogP contribution in [0.2, 0.25) is 0 Å². The zero-order chi connectivity index (χ0) is 22.8. The molecule has 32 heavy (non-hydrogen) atoms. The van der Waals surface area contributed by atoms with Crippen molar-refractivity contribution in [2.45, 2.75) is 13.2 Å². The summed E-state index contributed by atoms with van der Waals surface area (Å²) < 4.78 is 11.7. The van der Waals surface area contributed by atoms with Crippen molar-refractivity contribution in [3.63, 3.8) is 0 Å². The number of ether oxygens (including phenoxy) is 2. The first-order valence-corrected chi connectivity index (χ1v) is 9.86. The van der Waals surface area contributed by atoms with E-state index in [0.717, 1.165) is 33.8 Å². The van der Waals surface area contributed by atoms with Crippen molar-refractivity contribution in [1.29, 1.82) is 0 Å². The molecule has 0 heterocycles. The van der Waals surface area contributed by atoms with Gasteiger partial charge < -0.3 is 30.6 Å². The van der Waals surface area contributed by atoms with Crippen LogP contribution >= 0.6 is 0 Å². The van der Waals surface area contributed by atoms with E-state index in [1.807, 2.05) is 66.7 Å². The summed E-state index contributed by atoms with van der Waals surface area (Å²) in [7, 11) is 2.91. The molecule has 166 valence electrons. The van der Waals surface area contributed by atoms with Gasteiger partial charge in [-0.15, -0.1) is 0 Å². The van der Waals surface area contributed by atoms with Gasteiger partial charge in [0.2, 0.25) is 0 Å². The minimum absolute atomic E-state index is 0.313. The van der Waals surface area contributed by atoms with Gasteiger partial charge in [0.15, 0.2) is 11.7 Å². The first kappa shape index (κ1) is 22.5. The summed E-state index contributed by atoms with van der Waals surface area (Å²) in [6.07, 6.45) is 0. The Kier molecular flexibility index (Phi) is 7.91. The lowest BCUT2D eigenvalue weighted by atomic mass is 10.1. The topological polar surface area (TPSA) is 114 Å². The molecule has 8 nitrogen and oxygen atoms in total. The molecule has 0 saturated carbocycles. The van der Waals surface area contributed by atoms with Gasteiger partial charge >= 0.3 is 0 Å². The molecule has 0 aromatic heterocycles. The van der Waals surface area contributed by atoms with Crippen molar-refractivity contribution in [2.24, 2.45) is 21.8 Å². The molecule has 0 atom stereocenters. The number of nitrogens with zero attached hydrogens (tertiary/aromatic N) is 2. The minimum Gasteiger partial charge on any atom is -0.489 e. The van der Waals surface area contributed by atoms with Crippen molar-refractivity contribution < 1.29 is 19.1 Å². The second-order valence-corrected chi connectivity index (χ2v) is 6.76. The van der Waals surface area contributed by atoms with Crippen LogP contribution in [-0.2, 0) is 22.9 Å². The maximum atomic E-state index is 5.87. The van der Waals surface area contributed by atoms with Crippen molar-refractivity contribution >= 4 is 11.7 Å². The maximum absolute atomic E-state index is 5.87. The number of benzene rings is 3. The second-order valence-electron chi connectivity index (χ2n) is 6.76. The van der Waals surface area contributed by atoms with E-state index in [-0.39, 0.29) is 0 Å². The molecule has 0 aliphatic carbocycles. The van der Waals surface area contributed by atoms with Gasteiger partial charge in [0.1, 0.15) is 38.9 Å². The highest BCUT2D eigenvalue weighted by molar-refractivity contribution is 5.97. The highest BCUT2D eigenvalue weighted by Crippen LogP contribution is 2.17.